The molecule has 0 aliphatic carbocycles. The lowest BCUT2D eigenvalue weighted by atomic mass is 10.1. The third-order valence-electron chi connectivity index (χ3n) is 4.66. The van der Waals surface area contributed by atoms with Gasteiger partial charge in [0.2, 0.25) is 0 Å². The van der Waals surface area contributed by atoms with E-state index in [9.17, 15) is 9.59 Å². The van der Waals surface area contributed by atoms with Crippen molar-refractivity contribution < 1.29 is 14.7 Å². The molecule has 2 unspecified atom stereocenters. The normalized spacial score (nSPS) is 25.7. The Hall–Kier alpha value is -1.95. The number of carboxylic acid groups (broad SMARTS) is 1. The quantitative estimate of drug-likeness (QED) is 0.882. The van der Waals surface area contributed by atoms with Crippen LogP contribution in [0, 0.1) is 0 Å². The lowest BCUT2D eigenvalue weighted by Crippen LogP contribution is -2.39. The number of pyridine rings is 1. The SMILES string of the molecule is CN1C2CCC1CN(C(=O)c1ccnc(C(=O)O)c1)CC2. The van der Waals surface area contributed by atoms with Gasteiger partial charge in [-0.3, -0.25) is 9.69 Å². The average molecular weight is 289 g/mol. The summed E-state index contributed by atoms with van der Waals surface area (Å²) in [7, 11) is 2.13. The third-order valence-corrected chi connectivity index (χ3v) is 4.66. The largest absolute Gasteiger partial charge is 0.477 e. The van der Waals surface area contributed by atoms with E-state index in [-0.39, 0.29) is 11.6 Å². The van der Waals surface area contributed by atoms with Gasteiger partial charge in [-0.05, 0) is 38.4 Å². The number of carbonyl (C=O) groups is 2. The summed E-state index contributed by atoms with van der Waals surface area (Å²) < 4.78 is 0. The summed E-state index contributed by atoms with van der Waals surface area (Å²) in [6.45, 7) is 1.45. The molecule has 6 heteroatoms. The van der Waals surface area contributed by atoms with Crippen molar-refractivity contribution in [3.05, 3.63) is 29.6 Å². The maximum absolute atomic E-state index is 12.6. The molecule has 3 rings (SSSR count). The van der Waals surface area contributed by atoms with Gasteiger partial charge in [0.05, 0.1) is 0 Å². The standard InChI is InChI=1S/C15H19N3O3/c1-17-11-2-3-12(17)9-18(7-5-11)14(19)10-4-6-16-13(8-10)15(20)21/h4,6,8,11-12H,2-3,5,7,9H2,1H3,(H,20,21). The van der Waals surface area contributed by atoms with E-state index in [0.717, 1.165) is 25.9 Å². The fraction of sp³-hybridized carbons (Fsp3) is 0.533. The number of rotatable bonds is 2. The van der Waals surface area contributed by atoms with Crippen LogP contribution in [0.4, 0.5) is 0 Å². The van der Waals surface area contributed by atoms with Crippen molar-refractivity contribution in [1.29, 1.82) is 0 Å². The van der Waals surface area contributed by atoms with Crippen LogP contribution in [-0.2, 0) is 0 Å². The predicted molar refractivity (Wildman–Crippen MR) is 76.3 cm³/mol. The second-order valence-corrected chi connectivity index (χ2v) is 5.83. The van der Waals surface area contributed by atoms with E-state index in [4.69, 9.17) is 5.11 Å². The lowest BCUT2D eigenvalue weighted by molar-refractivity contribution is 0.0690. The Morgan fingerprint density at radius 3 is 2.81 bits per heavy atom. The molecule has 1 amide bonds. The molecule has 6 nitrogen and oxygen atoms in total. The van der Waals surface area contributed by atoms with Gasteiger partial charge >= 0.3 is 5.97 Å². The molecule has 0 radical (unpaired) electrons. The van der Waals surface area contributed by atoms with Crippen molar-refractivity contribution in [3.8, 4) is 0 Å². The number of hydrogen-bond donors (Lipinski definition) is 1. The van der Waals surface area contributed by atoms with Crippen LogP contribution in [0.25, 0.3) is 0 Å². The first-order valence-corrected chi connectivity index (χ1v) is 7.27. The molecular weight excluding hydrogens is 270 g/mol. The fourth-order valence-electron chi connectivity index (χ4n) is 3.36. The molecule has 0 spiro atoms. The van der Waals surface area contributed by atoms with E-state index in [1.807, 2.05) is 4.90 Å². The van der Waals surface area contributed by atoms with Crippen LogP contribution >= 0.6 is 0 Å². The Balaban J connectivity index is 1.79. The Bertz CT molecular complexity index is 575. The minimum absolute atomic E-state index is 0.0886. The molecule has 1 aromatic heterocycles. The zero-order valence-corrected chi connectivity index (χ0v) is 12.0. The van der Waals surface area contributed by atoms with Crippen LogP contribution in [0.2, 0.25) is 0 Å². The Morgan fingerprint density at radius 2 is 2.05 bits per heavy atom. The van der Waals surface area contributed by atoms with Gasteiger partial charge in [0.1, 0.15) is 5.69 Å². The summed E-state index contributed by atoms with van der Waals surface area (Å²) in [5.41, 5.74) is 0.317. The van der Waals surface area contributed by atoms with E-state index in [0.29, 0.717) is 17.6 Å². The number of carboxylic acids is 1. The molecule has 0 aromatic carbocycles. The van der Waals surface area contributed by atoms with Crippen LogP contribution in [0.1, 0.15) is 40.1 Å². The second kappa shape index (κ2) is 5.44. The number of nitrogens with zero attached hydrogens (tertiary/aromatic N) is 3. The molecule has 2 atom stereocenters. The molecular formula is C15H19N3O3. The Kier molecular flexibility index (Phi) is 3.63. The van der Waals surface area contributed by atoms with E-state index >= 15 is 0 Å². The highest BCUT2D eigenvalue weighted by Gasteiger charge is 2.36. The van der Waals surface area contributed by atoms with Crippen LogP contribution in [0.5, 0.6) is 0 Å². The number of amides is 1. The molecule has 1 aromatic rings. The van der Waals surface area contributed by atoms with Crippen molar-refractivity contribution in [2.24, 2.45) is 0 Å². The van der Waals surface area contributed by atoms with Crippen LogP contribution in [0.3, 0.4) is 0 Å². The summed E-state index contributed by atoms with van der Waals surface area (Å²) in [6, 6.07) is 3.93. The summed E-state index contributed by atoms with van der Waals surface area (Å²) in [4.78, 5) is 31.5. The zero-order valence-electron chi connectivity index (χ0n) is 12.0. The summed E-state index contributed by atoms with van der Waals surface area (Å²) in [6.07, 6.45) is 4.70. The molecule has 2 bridgehead atoms. The first kappa shape index (κ1) is 14.0. The smallest absolute Gasteiger partial charge is 0.354 e. The van der Waals surface area contributed by atoms with Gasteiger partial charge in [-0.1, -0.05) is 0 Å². The van der Waals surface area contributed by atoms with Crippen molar-refractivity contribution >= 4 is 11.9 Å². The number of carbonyl (C=O) groups excluding carboxylic acids is 1. The van der Waals surface area contributed by atoms with Gasteiger partial charge in [-0.15, -0.1) is 0 Å². The van der Waals surface area contributed by atoms with Crippen molar-refractivity contribution in [2.45, 2.75) is 31.3 Å². The number of likely N-dealkylation sites (N-methyl/N-ethyl adjacent to an activating group) is 1. The molecule has 2 fully saturated rings. The van der Waals surface area contributed by atoms with Crippen molar-refractivity contribution in [2.75, 3.05) is 20.1 Å². The minimum Gasteiger partial charge on any atom is -0.477 e. The van der Waals surface area contributed by atoms with Gasteiger partial charge in [-0.25, -0.2) is 9.78 Å². The van der Waals surface area contributed by atoms with Gasteiger partial charge in [0.15, 0.2) is 0 Å². The molecule has 2 aliphatic rings. The van der Waals surface area contributed by atoms with Crippen LogP contribution < -0.4 is 0 Å². The number of likely N-dealkylation sites (tertiary alicyclic amines) is 1. The summed E-state index contributed by atoms with van der Waals surface area (Å²) >= 11 is 0. The molecule has 3 heterocycles. The van der Waals surface area contributed by atoms with Gasteiger partial charge in [-0.2, -0.15) is 0 Å². The van der Waals surface area contributed by atoms with Crippen molar-refractivity contribution in [3.63, 3.8) is 0 Å². The van der Waals surface area contributed by atoms with E-state index < -0.39 is 5.97 Å². The molecule has 21 heavy (non-hydrogen) atoms. The van der Waals surface area contributed by atoms with Crippen LogP contribution in [0.15, 0.2) is 18.3 Å². The highest BCUT2D eigenvalue weighted by atomic mass is 16.4. The fourth-order valence-corrected chi connectivity index (χ4v) is 3.36. The molecule has 112 valence electrons. The van der Waals surface area contributed by atoms with E-state index in [1.165, 1.54) is 18.7 Å². The van der Waals surface area contributed by atoms with Gasteiger partial charge < -0.3 is 10.0 Å². The molecule has 1 N–H and O–H groups in total. The van der Waals surface area contributed by atoms with Crippen LogP contribution in [-0.4, -0.2) is 64.0 Å². The number of aromatic carboxylic acids is 1. The summed E-state index contributed by atoms with van der Waals surface area (Å²) in [5.74, 6) is -1.21. The first-order valence-electron chi connectivity index (χ1n) is 7.27. The monoisotopic (exact) mass is 289 g/mol. The first-order chi connectivity index (χ1) is 10.1. The third kappa shape index (κ3) is 2.63. The average Bonchev–Trinajstić information content (AvgIpc) is 2.71. The highest BCUT2D eigenvalue weighted by Crippen LogP contribution is 2.29. The predicted octanol–water partition coefficient (Wildman–Crippen LogP) is 1.09. The van der Waals surface area contributed by atoms with E-state index in [2.05, 4.69) is 16.9 Å². The van der Waals surface area contributed by atoms with Gasteiger partial charge in [0, 0.05) is 36.9 Å². The molecule has 2 aliphatic heterocycles. The number of hydrogen-bond acceptors (Lipinski definition) is 4. The Labute approximate surface area is 123 Å². The number of fused-ring (bicyclic) bond motifs is 2. The van der Waals surface area contributed by atoms with E-state index in [1.54, 1.807) is 6.07 Å². The minimum atomic E-state index is -1.11. The highest BCUT2D eigenvalue weighted by molar-refractivity contribution is 5.96. The topological polar surface area (TPSA) is 73.7 Å². The van der Waals surface area contributed by atoms with Gasteiger partial charge in [0.25, 0.3) is 5.91 Å². The Morgan fingerprint density at radius 1 is 1.29 bits per heavy atom. The lowest BCUT2D eigenvalue weighted by Gasteiger charge is -2.25. The number of aromatic nitrogens is 1. The summed E-state index contributed by atoms with van der Waals surface area (Å²) in [5, 5.41) is 8.97. The maximum atomic E-state index is 12.6. The zero-order chi connectivity index (χ0) is 15.0. The second-order valence-electron chi connectivity index (χ2n) is 5.83. The maximum Gasteiger partial charge on any atom is 0.354 e. The van der Waals surface area contributed by atoms with Crippen molar-refractivity contribution in [1.82, 2.24) is 14.8 Å². The molecule has 2 saturated heterocycles. The molecule has 0 saturated carbocycles.